The average Bonchev–Trinajstić information content (AvgIpc) is 3.33. The zero-order valence-electron chi connectivity index (χ0n) is 13.1. The van der Waals surface area contributed by atoms with Crippen LogP contribution in [0.1, 0.15) is 49.4 Å². The smallest absolute Gasteiger partial charge is 0.137 e. The molecular weight excluding hydrogens is 264 g/mol. The van der Waals surface area contributed by atoms with Crippen molar-refractivity contribution >= 4 is 11.6 Å². The van der Waals surface area contributed by atoms with Crippen molar-refractivity contribution in [3.63, 3.8) is 0 Å². The van der Waals surface area contributed by atoms with Gasteiger partial charge in [0.1, 0.15) is 17.5 Å². The van der Waals surface area contributed by atoms with Crippen molar-refractivity contribution in [2.45, 2.75) is 44.9 Å². The lowest BCUT2D eigenvalue weighted by Gasteiger charge is -2.34. The van der Waals surface area contributed by atoms with Crippen LogP contribution >= 0.6 is 0 Å². The third kappa shape index (κ3) is 3.12. The summed E-state index contributed by atoms with van der Waals surface area (Å²) in [5.41, 5.74) is 1.14. The van der Waals surface area contributed by atoms with Crippen LogP contribution in [0, 0.1) is 12.8 Å². The molecule has 1 aromatic heterocycles. The summed E-state index contributed by atoms with van der Waals surface area (Å²) in [6, 6.07) is 0. The fourth-order valence-corrected chi connectivity index (χ4v) is 3.27. The molecule has 0 aromatic carbocycles. The van der Waals surface area contributed by atoms with Crippen molar-refractivity contribution in [3.8, 4) is 0 Å². The Morgan fingerprint density at radius 1 is 1.29 bits per heavy atom. The maximum absolute atomic E-state index is 9.18. The Labute approximate surface area is 126 Å². The highest BCUT2D eigenvalue weighted by Gasteiger charge is 2.30. The Morgan fingerprint density at radius 2 is 2.10 bits per heavy atom. The zero-order valence-corrected chi connectivity index (χ0v) is 13.1. The third-order valence-electron chi connectivity index (χ3n) is 4.67. The maximum Gasteiger partial charge on any atom is 0.137 e. The molecule has 1 saturated heterocycles. The molecule has 5 heteroatoms. The van der Waals surface area contributed by atoms with Gasteiger partial charge in [0.2, 0.25) is 0 Å². The summed E-state index contributed by atoms with van der Waals surface area (Å²) in [4.78, 5) is 11.9. The Balaban J connectivity index is 1.87. The average molecular weight is 290 g/mol. The Morgan fingerprint density at radius 3 is 2.76 bits per heavy atom. The van der Waals surface area contributed by atoms with Crippen molar-refractivity contribution in [3.05, 3.63) is 11.4 Å². The second kappa shape index (κ2) is 6.18. The molecule has 0 spiro atoms. The minimum atomic E-state index is 0.288. The van der Waals surface area contributed by atoms with Gasteiger partial charge in [0, 0.05) is 38.2 Å². The topological polar surface area (TPSA) is 61.3 Å². The number of hydrogen-bond acceptors (Lipinski definition) is 5. The molecule has 0 bridgehead atoms. The number of piperidine rings is 1. The van der Waals surface area contributed by atoms with Crippen molar-refractivity contribution in [1.29, 1.82) is 0 Å². The largest absolute Gasteiger partial charge is 0.396 e. The number of hydrogen-bond donors (Lipinski definition) is 2. The van der Waals surface area contributed by atoms with Crippen LogP contribution in [0.15, 0.2) is 0 Å². The van der Waals surface area contributed by atoms with Crippen molar-refractivity contribution in [1.82, 2.24) is 9.97 Å². The summed E-state index contributed by atoms with van der Waals surface area (Å²) in [6.07, 6.45) is 5.74. The molecule has 21 heavy (non-hydrogen) atoms. The van der Waals surface area contributed by atoms with E-state index in [2.05, 4.69) is 22.1 Å². The first-order chi connectivity index (χ1) is 10.2. The van der Waals surface area contributed by atoms with Crippen LogP contribution in [-0.2, 0) is 0 Å². The molecule has 0 radical (unpaired) electrons. The van der Waals surface area contributed by atoms with E-state index in [0.717, 1.165) is 42.5 Å². The van der Waals surface area contributed by atoms with E-state index in [9.17, 15) is 5.11 Å². The lowest BCUT2D eigenvalue weighted by atomic mass is 9.95. The van der Waals surface area contributed by atoms with Gasteiger partial charge in [-0.15, -0.1) is 0 Å². The highest BCUT2D eigenvalue weighted by molar-refractivity contribution is 5.59. The molecule has 1 atom stereocenters. The van der Waals surface area contributed by atoms with E-state index in [0.29, 0.717) is 11.8 Å². The number of aromatic nitrogens is 2. The molecule has 1 aliphatic carbocycles. The van der Waals surface area contributed by atoms with Crippen LogP contribution in [0.4, 0.5) is 11.6 Å². The van der Waals surface area contributed by atoms with Gasteiger partial charge in [0.25, 0.3) is 0 Å². The van der Waals surface area contributed by atoms with E-state index < -0.39 is 0 Å². The minimum Gasteiger partial charge on any atom is -0.396 e. The van der Waals surface area contributed by atoms with E-state index in [1.54, 1.807) is 0 Å². The summed E-state index contributed by atoms with van der Waals surface area (Å²) in [5, 5.41) is 12.4. The van der Waals surface area contributed by atoms with Crippen molar-refractivity contribution in [2.24, 2.45) is 5.92 Å². The number of aliphatic hydroxyl groups is 1. The number of anilines is 2. The molecule has 1 saturated carbocycles. The molecule has 3 rings (SSSR count). The summed E-state index contributed by atoms with van der Waals surface area (Å²) in [5.74, 6) is 4.21. The van der Waals surface area contributed by atoms with E-state index >= 15 is 0 Å². The van der Waals surface area contributed by atoms with Crippen LogP contribution in [0.5, 0.6) is 0 Å². The third-order valence-corrected chi connectivity index (χ3v) is 4.67. The fraction of sp³-hybridized carbons (Fsp3) is 0.750. The van der Waals surface area contributed by atoms with Crippen LogP contribution in [-0.4, -0.2) is 41.8 Å². The van der Waals surface area contributed by atoms with E-state index in [-0.39, 0.29) is 6.61 Å². The van der Waals surface area contributed by atoms with E-state index in [1.807, 2.05) is 7.05 Å². The van der Waals surface area contributed by atoms with Crippen molar-refractivity contribution in [2.75, 3.05) is 37.0 Å². The Hall–Kier alpha value is -1.36. The number of nitrogens with zero attached hydrogens (tertiary/aromatic N) is 3. The van der Waals surface area contributed by atoms with Gasteiger partial charge < -0.3 is 15.3 Å². The van der Waals surface area contributed by atoms with Gasteiger partial charge >= 0.3 is 0 Å². The molecule has 1 aromatic rings. The number of nitrogens with one attached hydrogen (secondary N) is 1. The van der Waals surface area contributed by atoms with Crippen LogP contribution < -0.4 is 10.2 Å². The zero-order chi connectivity index (χ0) is 14.8. The monoisotopic (exact) mass is 290 g/mol. The molecular formula is C16H26N4O. The van der Waals surface area contributed by atoms with Gasteiger partial charge in [0.05, 0.1) is 0 Å². The second-order valence-electron chi connectivity index (χ2n) is 6.37. The summed E-state index contributed by atoms with van der Waals surface area (Å²) in [6.45, 7) is 4.46. The molecule has 2 heterocycles. The van der Waals surface area contributed by atoms with Crippen LogP contribution in [0.25, 0.3) is 0 Å². The Bertz CT molecular complexity index is 499. The Kier molecular flexibility index (Phi) is 4.29. The number of aliphatic hydroxyl groups excluding tert-OH is 1. The SMILES string of the molecule is CNc1nc(C2CC2)nc(N2CCCC(CCO)C2)c1C. The van der Waals surface area contributed by atoms with Gasteiger partial charge in [-0.05, 0) is 44.9 Å². The van der Waals surface area contributed by atoms with Gasteiger partial charge in [-0.1, -0.05) is 0 Å². The summed E-state index contributed by atoms with van der Waals surface area (Å²) >= 11 is 0. The first-order valence-electron chi connectivity index (χ1n) is 8.15. The lowest BCUT2D eigenvalue weighted by Crippen LogP contribution is -2.37. The molecule has 2 aliphatic rings. The normalized spacial score (nSPS) is 22.4. The minimum absolute atomic E-state index is 0.288. The maximum atomic E-state index is 9.18. The molecule has 1 unspecified atom stereocenters. The van der Waals surface area contributed by atoms with E-state index in [1.165, 1.54) is 25.7 Å². The molecule has 2 N–H and O–H groups in total. The first-order valence-corrected chi connectivity index (χ1v) is 8.15. The van der Waals surface area contributed by atoms with Gasteiger partial charge in [-0.3, -0.25) is 0 Å². The molecule has 5 nitrogen and oxygen atoms in total. The van der Waals surface area contributed by atoms with Gasteiger partial charge in [-0.2, -0.15) is 0 Å². The molecule has 2 fully saturated rings. The standard InChI is InChI=1S/C16H26N4O/c1-11-14(17-2)18-15(13-5-6-13)19-16(11)20-8-3-4-12(10-20)7-9-21/h12-13,21H,3-10H2,1-2H3,(H,17,18,19). The van der Waals surface area contributed by atoms with E-state index in [4.69, 9.17) is 4.98 Å². The summed E-state index contributed by atoms with van der Waals surface area (Å²) < 4.78 is 0. The van der Waals surface area contributed by atoms with Gasteiger partial charge in [0.15, 0.2) is 0 Å². The second-order valence-corrected chi connectivity index (χ2v) is 6.37. The highest BCUT2D eigenvalue weighted by atomic mass is 16.3. The highest BCUT2D eigenvalue weighted by Crippen LogP contribution is 2.40. The predicted molar refractivity (Wildman–Crippen MR) is 84.9 cm³/mol. The van der Waals surface area contributed by atoms with Crippen LogP contribution in [0.2, 0.25) is 0 Å². The fourth-order valence-electron chi connectivity index (χ4n) is 3.27. The number of rotatable bonds is 5. The molecule has 1 aliphatic heterocycles. The summed E-state index contributed by atoms with van der Waals surface area (Å²) in [7, 11) is 1.93. The molecule has 0 amide bonds. The quantitative estimate of drug-likeness (QED) is 0.871. The van der Waals surface area contributed by atoms with Gasteiger partial charge in [-0.25, -0.2) is 9.97 Å². The van der Waals surface area contributed by atoms with Crippen molar-refractivity contribution < 1.29 is 5.11 Å². The lowest BCUT2D eigenvalue weighted by molar-refractivity contribution is 0.244. The van der Waals surface area contributed by atoms with Crippen LogP contribution in [0.3, 0.4) is 0 Å². The first kappa shape index (κ1) is 14.6. The predicted octanol–water partition coefficient (Wildman–Crippen LogP) is 2.30. The molecule has 116 valence electrons.